The normalized spacial score (nSPS) is 14.8. The molecule has 18 heteroatoms. The van der Waals surface area contributed by atoms with Gasteiger partial charge in [0, 0.05) is 56.5 Å². The number of halogens is 3. The molecule has 0 bridgehead atoms. The van der Waals surface area contributed by atoms with Gasteiger partial charge < -0.3 is 35.3 Å². The fraction of sp³-hybridized carbons (Fsp3) is 0.396. The minimum atomic E-state index is -4.83. The molecule has 0 saturated carbocycles. The monoisotopic (exact) mass is 910 g/mol. The Bertz CT molecular complexity index is 2550. The van der Waals surface area contributed by atoms with E-state index in [-0.39, 0.29) is 54.2 Å². The number of nitrogens with two attached hydrogens (primary N) is 1. The molecule has 1 fully saturated rings. The second-order valence-corrected chi connectivity index (χ2v) is 16.5. The summed E-state index contributed by atoms with van der Waals surface area (Å²) in [4.78, 5) is 72.1. The number of nitrogen functional groups attached to an aromatic ring is 1. The Balaban J connectivity index is 0.774. The molecule has 0 radical (unpaired) electrons. The zero-order valence-corrected chi connectivity index (χ0v) is 36.5. The average molecular weight is 911 g/mol. The lowest BCUT2D eigenvalue weighted by molar-refractivity contribution is -0.274. The van der Waals surface area contributed by atoms with Crippen LogP contribution in [0.15, 0.2) is 79.3 Å². The summed E-state index contributed by atoms with van der Waals surface area (Å²) in [6.07, 6.45) is 6.50. The van der Waals surface area contributed by atoms with Crippen LogP contribution in [0.4, 0.5) is 24.7 Å². The van der Waals surface area contributed by atoms with Crippen LogP contribution in [0.25, 0.3) is 22.2 Å². The van der Waals surface area contributed by atoms with Crippen LogP contribution in [0.1, 0.15) is 86.8 Å². The number of imide groups is 1. The van der Waals surface area contributed by atoms with Gasteiger partial charge >= 0.3 is 6.36 Å². The van der Waals surface area contributed by atoms with Crippen LogP contribution >= 0.6 is 0 Å². The van der Waals surface area contributed by atoms with Crippen LogP contribution in [-0.2, 0) is 43.4 Å². The smallest absolute Gasteiger partial charge is 0.484 e. The SMILES string of the molecule is Nc1ncnc2c1c(-c1ccc3c(c1)CCN3C(=O)Cc1cccc(OC(F)(F)F)c1)cn2CCCNC(=O)CCCCCCCCNC(=O)COc1ccc(C2CCC(=O)NC2=O)cc1. The number of ether oxygens (including phenoxy) is 2. The number of benzene rings is 3. The maximum Gasteiger partial charge on any atom is 0.573 e. The second kappa shape index (κ2) is 21.8. The first-order valence-corrected chi connectivity index (χ1v) is 22.3. The van der Waals surface area contributed by atoms with Crippen molar-refractivity contribution in [3.8, 4) is 22.6 Å². The van der Waals surface area contributed by atoms with Crippen molar-refractivity contribution in [3.05, 3.63) is 95.9 Å². The molecule has 5 N–H and O–H groups in total. The van der Waals surface area contributed by atoms with Crippen molar-refractivity contribution in [2.75, 3.05) is 36.9 Å². The number of carbonyl (C=O) groups is 5. The minimum Gasteiger partial charge on any atom is -0.484 e. The highest BCUT2D eigenvalue weighted by atomic mass is 19.4. The van der Waals surface area contributed by atoms with Gasteiger partial charge in [-0.2, -0.15) is 0 Å². The zero-order valence-electron chi connectivity index (χ0n) is 36.5. The summed E-state index contributed by atoms with van der Waals surface area (Å²) < 4.78 is 49.8. The molecule has 3 aromatic carbocycles. The number of piperidine rings is 1. The van der Waals surface area contributed by atoms with Crippen LogP contribution in [0.5, 0.6) is 11.5 Å². The molecule has 66 heavy (non-hydrogen) atoms. The van der Waals surface area contributed by atoms with Crippen molar-refractivity contribution in [2.24, 2.45) is 0 Å². The van der Waals surface area contributed by atoms with E-state index in [1.807, 2.05) is 29.0 Å². The standard InChI is InChI=1S/C48H53F3N8O7/c49-48(50,51)66-36-10-7-9-31(25-36)26-43(63)59-24-20-34-27-33(14-18-39(34)59)38-28-58(46-44(38)45(52)55-30-56-46)23-8-22-53-40(60)11-5-3-1-2-4-6-21-54-42(62)29-65-35-15-12-32(13-16-35)37-17-19-41(61)57-47(37)64/h7,9-10,12-16,18,25,27-28,30,37H,1-6,8,11,17,19-24,26,29H2,(H,53,60)(H,54,62)(H2,52,55,56)(H,57,61,64). The van der Waals surface area contributed by atoms with Gasteiger partial charge in [-0.25, -0.2) is 9.97 Å². The van der Waals surface area contributed by atoms with E-state index in [9.17, 15) is 37.1 Å². The topological polar surface area (TPSA) is 200 Å². The Hall–Kier alpha value is -6.98. The maximum absolute atomic E-state index is 13.3. The molecule has 2 aliphatic heterocycles. The van der Waals surface area contributed by atoms with E-state index in [2.05, 4.69) is 30.7 Å². The van der Waals surface area contributed by atoms with Crippen LogP contribution < -0.4 is 36.1 Å². The summed E-state index contributed by atoms with van der Waals surface area (Å²) in [7, 11) is 0. The largest absolute Gasteiger partial charge is 0.573 e. The van der Waals surface area contributed by atoms with Crippen molar-refractivity contribution in [1.82, 2.24) is 30.5 Å². The summed E-state index contributed by atoms with van der Waals surface area (Å²) in [5.74, 6) is -0.889. The lowest BCUT2D eigenvalue weighted by Gasteiger charge is -2.21. The summed E-state index contributed by atoms with van der Waals surface area (Å²) in [6, 6.07) is 18.2. The van der Waals surface area contributed by atoms with Gasteiger partial charge in [0.1, 0.15) is 29.3 Å². The van der Waals surface area contributed by atoms with Gasteiger partial charge in [-0.3, -0.25) is 29.3 Å². The van der Waals surface area contributed by atoms with Crippen molar-refractivity contribution in [1.29, 1.82) is 0 Å². The molecule has 15 nitrogen and oxygen atoms in total. The van der Waals surface area contributed by atoms with Gasteiger partial charge in [0.05, 0.1) is 17.7 Å². The van der Waals surface area contributed by atoms with E-state index < -0.39 is 6.36 Å². The third kappa shape index (κ3) is 12.6. The van der Waals surface area contributed by atoms with Gasteiger partial charge in [0.25, 0.3) is 5.91 Å². The number of alkyl halides is 3. The molecule has 2 aromatic heterocycles. The van der Waals surface area contributed by atoms with E-state index in [0.717, 1.165) is 66.5 Å². The number of fused-ring (bicyclic) bond motifs is 2. The Labute approximate surface area is 379 Å². The number of aryl methyl sites for hydroxylation is 1. The molecule has 1 unspecified atom stereocenters. The molecule has 1 atom stereocenters. The maximum atomic E-state index is 13.3. The molecule has 0 spiro atoms. The average Bonchev–Trinajstić information content (AvgIpc) is 3.89. The predicted octanol–water partition coefficient (Wildman–Crippen LogP) is 6.66. The van der Waals surface area contributed by atoms with Crippen LogP contribution in [0.2, 0.25) is 0 Å². The predicted molar refractivity (Wildman–Crippen MR) is 240 cm³/mol. The number of carbonyl (C=O) groups excluding carboxylic acids is 5. The quantitative estimate of drug-likeness (QED) is 0.0456. The first kappa shape index (κ1) is 47.0. The molecule has 5 amide bonds. The van der Waals surface area contributed by atoms with Crippen molar-refractivity contribution in [3.63, 3.8) is 0 Å². The molecule has 2 aliphatic rings. The number of unbranched alkanes of at least 4 members (excludes halogenated alkanes) is 5. The summed E-state index contributed by atoms with van der Waals surface area (Å²) in [5.41, 5.74) is 11.7. The van der Waals surface area contributed by atoms with E-state index in [4.69, 9.17) is 10.5 Å². The van der Waals surface area contributed by atoms with Gasteiger partial charge in [-0.15, -0.1) is 13.2 Å². The van der Waals surface area contributed by atoms with E-state index in [1.165, 1.54) is 24.5 Å². The van der Waals surface area contributed by atoms with E-state index >= 15 is 0 Å². The number of hydrogen-bond donors (Lipinski definition) is 4. The Morgan fingerprint density at radius 1 is 0.848 bits per heavy atom. The van der Waals surface area contributed by atoms with Crippen molar-refractivity contribution in [2.45, 2.75) is 95.9 Å². The number of rotatable bonds is 21. The molecular formula is C48H53F3N8O7. The lowest BCUT2D eigenvalue weighted by atomic mass is 9.90. The van der Waals surface area contributed by atoms with Gasteiger partial charge in [-0.1, -0.05) is 56.0 Å². The molecule has 5 aromatic rings. The number of amides is 5. The fourth-order valence-corrected chi connectivity index (χ4v) is 8.41. The first-order valence-electron chi connectivity index (χ1n) is 22.3. The molecule has 1 saturated heterocycles. The summed E-state index contributed by atoms with van der Waals surface area (Å²) >= 11 is 0. The third-order valence-corrected chi connectivity index (χ3v) is 11.7. The molecule has 348 valence electrons. The van der Waals surface area contributed by atoms with Crippen LogP contribution in [0.3, 0.4) is 0 Å². The molecule has 7 rings (SSSR count). The second-order valence-electron chi connectivity index (χ2n) is 16.5. The Kier molecular flexibility index (Phi) is 15.5. The van der Waals surface area contributed by atoms with Gasteiger partial charge in [-0.05, 0) is 90.8 Å². The molecule has 4 heterocycles. The van der Waals surface area contributed by atoms with E-state index in [1.54, 1.807) is 35.2 Å². The van der Waals surface area contributed by atoms with E-state index in [0.29, 0.717) is 86.4 Å². The number of anilines is 2. The first-order chi connectivity index (χ1) is 31.8. The number of nitrogens with zero attached hydrogens (tertiary/aromatic N) is 4. The highest BCUT2D eigenvalue weighted by Gasteiger charge is 2.32. The molecular weight excluding hydrogens is 858 g/mol. The van der Waals surface area contributed by atoms with Crippen LogP contribution in [-0.4, -0.2) is 76.7 Å². The highest BCUT2D eigenvalue weighted by Crippen LogP contribution is 2.38. The summed E-state index contributed by atoms with van der Waals surface area (Å²) in [5, 5.41) is 8.96. The Morgan fingerprint density at radius 2 is 1.61 bits per heavy atom. The fourth-order valence-electron chi connectivity index (χ4n) is 8.41. The van der Waals surface area contributed by atoms with Crippen molar-refractivity contribution >= 4 is 52.1 Å². The van der Waals surface area contributed by atoms with Gasteiger partial charge in [0.2, 0.25) is 23.6 Å². The molecule has 0 aliphatic carbocycles. The highest BCUT2D eigenvalue weighted by molar-refractivity contribution is 6.02. The third-order valence-electron chi connectivity index (χ3n) is 11.7. The lowest BCUT2D eigenvalue weighted by Crippen LogP contribution is -2.39. The zero-order chi connectivity index (χ0) is 46.6. The number of nitrogens with one attached hydrogen (secondary N) is 3. The van der Waals surface area contributed by atoms with Crippen LogP contribution in [0, 0.1) is 0 Å². The van der Waals surface area contributed by atoms with Gasteiger partial charge in [0.15, 0.2) is 6.61 Å². The van der Waals surface area contributed by atoms with Crippen molar-refractivity contribution < 1.29 is 46.6 Å². The Morgan fingerprint density at radius 3 is 2.39 bits per heavy atom. The minimum absolute atomic E-state index is 0.00414. The number of aromatic nitrogens is 3. The number of hydrogen-bond acceptors (Lipinski definition) is 10. The summed E-state index contributed by atoms with van der Waals surface area (Å²) in [6.45, 7) is 1.94.